The Bertz CT molecular complexity index is 647. The fraction of sp³-hybridized carbons (Fsp3) is 0.706. The maximum absolute atomic E-state index is 4.53. The van der Waals surface area contributed by atoms with Crippen molar-refractivity contribution in [2.24, 2.45) is 13.0 Å². The molecule has 1 saturated heterocycles. The molecule has 0 saturated carbocycles. The van der Waals surface area contributed by atoms with Gasteiger partial charge >= 0.3 is 0 Å². The number of aromatic amines is 1. The van der Waals surface area contributed by atoms with Crippen molar-refractivity contribution in [3.63, 3.8) is 0 Å². The molecule has 1 N–H and O–H groups in total. The van der Waals surface area contributed by atoms with Crippen molar-refractivity contribution in [1.29, 1.82) is 0 Å². The SMILES string of the molecule is CCc1n[nH]c(CN(C)C[C@@H]2CCCN(C)[C@H]2c2ccnn2C)n1. The maximum atomic E-state index is 4.53. The van der Waals surface area contributed by atoms with Gasteiger partial charge in [0.05, 0.1) is 18.3 Å². The molecule has 3 rings (SSSR count). The predicted octanol–water partition coefficient (Wildman–Crippen LogP) is 1.62. The third-order valence-electron chi connectivity index (χ3n) is 5.03. The highest BCUT2D eigenvalue weighted by Gasteiger charge is 2.33. The zero-order chi connectivity index (χ0) is 17.1. The van der Waals surface area contributed by atoms with Crippen LogP contribution in [0.15, 0.2) is 12.3 Å². The molecule has 0 amide bonds. The molecule has 1 aliphatic rings. The van der Waals surface area contributed by atoms with Crippen molar-refractivity contribution >= 4 is 0 Å². The minimum atomic E-state index is 0.426. The van der Waals surface area contributed by atoms with E-state index in [1.54, 1.807) is 0 Å². The van der Waals surface area contributed by atoms with E-state index in [1.807, 2.05) is 17.9 Å². The van der Waals surface area contributed by atoms with Crippen LogP contribution in [-0.4, -0.2) is 61.9 Å². The molecule has 2 atom stereocenters. The van der Waals surface area contributed by atoms with Gasteiger partial charge in [-0.3, -0.25) is 19.6 Å². The van der Waals surface area contributed by atoms with Gasteiger partial charge in [0, 0.05) is 26.2 Å². The average Bonchev–Trinajstić information content (AvgIpc) is 3.16. The lowest BCUT2D eigenvalue weighted by molar-refractivity contribution is 0.0867. The lowest BCUT2D eigenvalue weighted by Gasteiger charge is -2.40. The van der Waals surface area contributed by atoms with Crippen LogP contribution in [-0.2, 0) is 20.0 Å². The molecule has 0 aliphatic carbocycles. The molecule has 7 heteroatoms. The van der Waals surface area contributed by atoms with E-state index in [0.29, 0.717) is 12.0 Å². The summed E-state index contributed by atoms with van der Waals surface area (Å²) in [7, 11) is 6.44. The monoisotopic (exact) mass is 331 g/mol. The van der Waals surface area contributed by atoms with Crippen LogP contribution in [0.3, 0.4) is 0 Å². The summed E-state index contributed by atoms with van der Waals surface area (Å²) in [5, 5.41) is 11.7. The summed E-state index contributed by atoms with van der Waals surface area (Å²) in [5.41, 5.74) is 1.31. The molecule has 0 aromatic carbocycles. The minimum Gasteiger partial charge on any atom is -0.299 e. The highest BCUT2D eigenvalue weighted by molar-refractivity contribution is 5.10. The summed E-state index contributed by atoms with van der Waals surface area (Å²) in [6, 6.07) is 2.58. The zero-order valence-electron chi connectivity index (χ0n) is 15.2. The van der Waals surface area contributed by atoms with Gasteiger partial charge in [-0.1, -0.05) is 6.92 Å². The number of aromatic nitrogens is 5. The molecule has 132 valence electrons. The van der Waals surface area contributed by atoms with Gasteiger partial charge in [0.2, 0.25) is 0 Å². The Balaban J connectivity index is 1.68. The molecular formula is C17H29N7. The molecule has 0 radical (unpaired) electrons. The number of hydrogen-bond acceptors (Lipinski definition) is 5. The highest BCUT2D eigenvalue weighted by Crippen LogP contribution is 2.35. The van der Waals surface area contributed by atoms with Crippen LogP contribution in [0.1, 0.15) is 43.1 Å². The van der Waals surface area contributed by atoms with Crippen molar-refractivity contribution in [2.75, 3.05) is 27.2 Å². The fourth-order valence-corrected chi connectivity index (χ4v) is 3.88. The van der Waals surface area contributed by atoms with Crippen molar-refractivity contribution in [2.45, 2.75) is 38.8 Å². The van der Waals surface area contributed by atoms with Gasteiger partial charge in [0.1, 0.15) is 11.6 Å². The van der Waals surface area contributed by atoms with Crippen LogP contribution in [0.4, 0.5) is 0 Å². The summed E-state index contributed by atoms with van der Waals surface area (Å²) >= 11 is 0. The van der Waals surface area contributed by atoms with Crippen LogP contribution < -0.4 is 0 Å². The zero-order valence-corrected chi connectivity index (χ0v) is 15.2. The second kappa shape index (κ2) is 7.44. The number of H-pyrrole nitrogens is 1. The molecular weight excluding hydrogens is 302 g/mol. The number of nitrogens with one attached hydrogen (secondary N) is 1. The van der Waals surface area contributed by atoms with Gasteiger partial charge < -0.3 is 0 Å². The van der Waals surface area contributed by atoms with Gasteiger partial charge in [0.15, 0.2) is 0 Å². The molecule has 0 spiro atoms. The number of nitrogens with zero attached hydrogens (tertiary/aromatic N) is 6. The normalized spacial score (nSPS) is 22.4. The van der Waals surface area contributed by atoms with Crippen LogP contribution in [0.2, 0.25) is 0 Å². The van der Waals surface area contributed by atoms with E-state index in [9.17, 15) is 0 Å². The second-order valence-corrected chi connectivity index (χ2v) is 6.96. The van der Waals surface area contributed by atoms with Gasteiger partial charge in [-0.2, -0.15) is 10.2 Å². The van der Waals surface area contributed by atoms with Gasteiger partial charge in [-0.15, -0.1) is 0 Å². The molecule has 2 aromatic rings. The molecule has 1 fully saturated rings. The summed E-state index contributed by atoms with van der Waals surface area (Å²) in [4.78, 5) is 9.36. The van der Waals surface area contributed by atoms with Crippen molar-refractivity contribution in [3.8, 4) is 0 Å². The lowest BCUT2D eigenvalue weighted by Crippen LogP contribution is -2.41. The Morgan fingerprint density at radius 1 is 1.38 bits per heavy atom. The first-order valence-electron chi connectivity index (χ1n) is 8.85. The first-order valence-corrected chi connectivity index (χ1v) is 8.85. The topological polar surface area (TPSA) is 65.9 Å². The van der Waals surface area contributed by atoms with Gasteiger partial charge in [-0.25, -0.2) is 4.98 Å². The smallest absolute Gasteiger partial charge is 0.150 e. The Kier molecular flexibility index (Phi) is 5.30. The standard InChI is InChI=1S/C17H29N7/c1-5-15-19-16(21-20-15)12-22(2)11-13-7-6-10-23(3)17(13)14-8-9-18-24(14)4/h8-9,13,17H,5-7,10-12H2,1-4H3,(H,19,20,21)/t13-,17+/m0/s1. The van der Waals surface area contributed by atoms with Crippen molar-refractivity contribution < 1.29 is 0 Å². The number of likely N-dealkylation sites (tertiary alicyclic amines) is 1. The number of piperidine rings is 1. The summed E-state index contributed by atoms with van der Waals surface area (Å²) in [6.07, 6.45) is 5.28. The first kappa shape index (κ1) is 17.1. The van der Waals surface area contributed by atoms with Crippen LogP contribution >= 0.6 is 0 Å². The summed E-state index contributed by atoms with van der Waals surface area (Å²) in [6.45, 7) is 5.08. The van der Waals surface area contributed by atoms with Gasteiger partial charge in [0.25, 0.3) is 0 Å². The van der Waals surface area contributed by atoms with E-state index in [0.717, 1.165) is 37.7 Å². The van der Waals surface area contributed by atoms with Crippen LogP contribution in [0.25, 0.3) is 0 Å². The predicted molar refractivity (Wildman–Crippen MR) is 93.4 cm³/mol. The van der Waals surface area contributed by atoms with E-state index < -0.39 is 0 Å². The third-order valence-corrected chi connectivity index (χ3v) is 5.03. The molecule has 3 heterocycles. The molecule has 0 unspecified atom stereocenters. The van der Waals surface area contributed by atoms with E-state index in [1.165, 1.54) is 18.5 Å². The summed E-state index contributed by atoms with van der Waals surface area (Å²) in [5.74, 6) is 2.44. The largest absolute Gasteiger partial charge is 0.299 e. The molecule has 1 aliphatic heterocycles. The van der Waals surface area contributed by atoms with E-state index in [2.05, 4.69) is 57.2 Å². The Hall–Kier alpha value is -1.73. The first-order chi connectivity index (χ1) is 11.6. The molecule has 24 heavy (non-hydrogen) atoms. The highest BCUT2D eigenvalue weighted by atomic mass is 15.3. The van der Waals surface area contributed by atoms with E-state index in [-0.39, 0.29) is 0 Å². The lowest BCUT2D eigenvalue weighted by atomic mass is 9.87. The number of hydrogen-bond donors (Lipinski definition) is 1. The molecule has 7 nitrogen and oxygen atoms in total. The Labute approximate surface area is 144 Å². The fourth-order valence-electron chi connectivity index (χ4n) is 3.88. The molecule has 2 aromatic heterocycles. The van der Waals surface area contributed by atoms with Crippen LogP contribution in [0, 0.1) is 5.92 Å². The van der Waals surface area contributed by atoms with Gasteiger partial charge in [-0.05, 0) is 45.5 Å². The third kappa shape index (κ3) is 3.67. The van der Waals surface area contributed by atoms with Crippen molar-refractivity contribution in [3.05, 3.63) is 29.6 Å². The summed E-state index contributed by atoms with van der Waals surface area (Å²) < 4.78 is 2.02. The molecule has 0 bridgehead atoms. The average molecular weight is 331 g/mol. The quantitative estimate of drug-likeness (QED) is 0.871. The Morgan fingerprint density at radius 2 is 2.21 bits per heavy atom. The number of rotatable bonds is 6. The Morgan fingerprint density at radius 3 is 2.88 bits per heavy atom. The van der Waals surface area contributed by atoms with Crippen LogP contribution in [0.5, 0.6) is 0 Å². The second-order valence-electron chi connectivity index (χ2n) is 6.96. The van der Waals surface area contributed by atoms with E-state index in [4.69, 9.17) is 0 Å². The van der Waals surface area contributed by atoms with Crippen molar-refractivity contribution in [1.82, 2.24) is 34.8 Å². The minimum absolute atomic E-state index is 0.426. The maximum Gasteiger partial charge on any atom is 0.150 e. The number of aryl methyl sites for hydroxylation is 2. The van der Waals surface area contributed by atoms with E-state index >= 15 is 0 Å².